The lowest BCUT2D eigenvalue weighted by Gasteiger charge is -2.12. The van der Waals surface area contributed by atoms with E-state index in [1.165, 1.54) is 0 Å². The van der Waals surface area contributed by atoms with Gasteiger partial charge in [0.05, 0.1) is 16.8 Å². The van der Waals surface area contributed by atoms with Gasteiger partial charge in [0.15, 0.2) is 5.75 Å². The lowest BCUT2D eigenvalue weighted by Crippen LogP contribution is -2.12. The van der Waals surface area contributed by atoms with Crippen molar-refractivity contribution in [1.82, 2.24) is 4.98 Å². The molecule has 40 heavy (non-hydrogen) atoms. The maximum Gasteiger partial charge on any atom is 0.259 e. The Balaban J connectivity index is 1.50. The van der Waals surface area contributed by atoms with E-state index in [0.717, 1.165) is 32.8 Å². The quantitative estimate of drug-likeness (QED) is 0.150. The third-order valence-corrected chi connectivity index (χ3v) is 6.76. The molecule has 3 N–H and O–H groups in total. The summed E-state index contributed by atoms with van der Waals surface area (Å²) in [4.78, 5) is 16.8. The van der Waals surface area contributed by atoms with Gasteiger partial charge >= 0.3 is 0 Å². The minimum absolute atomic E-state index is 0.116. The summed E-state index contributed by atoms with van der Waals surface area (Å²) in [5.41, 5.74) is 4.42. The van der Waals surface area contributed by atoms with E-state index in [2.05, 4.69) is 26.6 Å². The summed E-state index contributed by atoms with van der Waals surface area (Å²) in [6, 6.07) is 30.4. The SMILES string of the molecule is C/C=C/C=C/c1ccc(N=Nc2c(O)c(C(=O)Nc3ccccc3)cc3ccc4c5ccccc5[nH]c4c23)cc1. The zero-order valence-electron chi connectivity index (χ0n) is 21.8. The number of carbonyl (C=O) groups excluding carboxylic acids is 1. The zero-order valence-corrected chi connectivity index (χ0v) is 21.8. The highest BCUT2D eigenvalue weighted by atomic mass is 16.3. The first kappa shape index (κ1) is 24.8. The minimum atomic E-state index is -0.434. The van der Waals surface area contributed by atoms with Crippen molar-refractivity contribution in [2.45, 2.75) is 6.92 Å². The van der Waals surface area contributed by atoms with Crippen LogP contribution in [0.25, 0.3) is 38.7 Å². The number of H-pyrrole nitrogens is 1. The number of amides is 1. The largest absolute Gasteiger partial charge is 0.505 e. The smallest absolute Gasteiger partial charge is 0.259 e. The molecule has 0 spiro atoms. The van der Waals surface area contributed by atoms with Crippen LogP contribution in [0.2, 0.25) is 0 Å². The predicted molar refractivity (Wildman–Crippen MR) is 164 cm³/mol. The van der Waals surface area contributed by atoms with Crippen molar-refractivity contribution in [1.29, 1.82) is 0 Å². The Morgan fingerprint density at radius 1 is 0.850 bits per heavy atom. The molecule has 0 aliphatic carbocycles. The van der Waals surface area contributed by atoms with E-state index in [9.17, 15) is 9.90 Å². The van der Waals surface area contributed by atoms with Crippen LogP contribution in [0.1, 0.15) is 22.8 Å². The number of aromatic hydroxyl groups is 1. The number of hydrogen-bond acceptors (Lipinski definition) is 4. The van der Waals surface area contributed by atoms with Gasteiger partial charge in [-0.2, -0.15) is 5.11 Å². The van der Waals surface area contributed by atoms with Gasteiger partial charge in [-0.3, -0.25) is 4.79 Å². The van der Waals surface area contributed by atoms with Gasteiger partial charge in [0, 0.05) is 27.4 Å². The van der Waals surface area contributed by atoms with Crippen LogP contribution < -0.4 is 5.32 Å². The number of benzene rings is 5. The second-order valence-electron chi connectivity index (χ2n) is 9.37. The number of anilines is 1. The fraction of sp³-hybridized carbons (Fsp3) is 0.0294. The molecule has 194 valence electrons. The van der Waals surface area contributed by atoms with Gasteiger partial charge in [0.2, 0.25) is 0 Å². The number of carbonyl (C=O) groups is 1. The molecule has 6 rings (SSSR count). The van der Waals surface area contributed by atoms with Crippen molar-refractivity contribution in [2.24, 2.45) is 10.2 Å². The number of aromatic amines is 1. The highest BCUT2D eigenvalue weighted by Crippen LogP contribution is 2.44. The number of para-hydroxylation sites is 2. The molecule has 0 saturated carbocycles. The Labute approximate surface area is 231 Å². The highest BCUT2D eigenvalue weighted by molar-refractivity contribution is 6.22. The number of phenolic OH excluding ortho intramolecular Hbond substituents is 1. The van der Waals surface area contributed by atoms with E-state index in [0.29, 0.717) is 16.8 Å². The van der Waals surface area contributed by atoms with Crippen molar-refractivity contribution in [3.63, 3.8) is 0 Å². The number of azo groups is 1. The number of fused-ring (bicyclic) bond motifs is 5. The van der Waals surface area contributed by atoms with Crippen LogP contribution in [-0.4, -0.2) is 16.0 Å². The standard InChI is InChI=1S/C34H26N4O2/c1-2-3-5-10-22-15-18-25(19-16-22)37-38-32-30-23(17-20-27-26-13-8-9-14-29(26)36-31(27)30)21-28(33(32)39)34(40)35-24-11-6-4-7-12-24/h2-21,36,39H,1H3,(H,35,40)/b3-2+,10-5+,38-37?. The van der Waals surface area contributed by atoms with Crippen molar-refractivity contribution < 1.29 is 9.90 Å². The summed E-state index contributed by atoms with van der Waals surface area (Å²) < 4.78 is 0. The first-order valence-electron chi connectivity index (χ1n) is 13.0. The molecule has 0 aliphatic rings. The molecule has 5 aromatic carbocycles. The van der Waals surface area contributed by atoms with Crippen LogP contribution in [0.5, 0.6) is 5.75 Å². The molecule has 6 aromatic rings. The molecule has 1 heterocycles. The number of aromatic nitrogens is 1. The predicted octanol–water partition coefficient (Wildman–Crippen LogP) is 9.44. The van der Waals surface area contributed by atoms with Gasteiger partial charge in [-0.25, -0.2) is 0 Å². The van der Waals surface area contributed by atoms with Gasteiger partial charge < -0.3 is 15.4 Å². The molecule has 6 nitrogen and oxygen atoms in total. The fourth-order valence-electron chi connectivity index (χ4n) is 4.81. The molecular formula is C34H26N4O2. The summed E-state index contributed by atoms with van der Waals surface area (Å²) in [5.74, 6) is -0.669. The molecule has 0 saturated heterocycles. The molecule has 0 unspecified atom stereocenters. The number of nitrogens with zero attached hydrogens (tertiary/aromatic N) is 2. The van der Waals surface area contributed by atoms with Crippen LogP contribution in [0.3, 0.4) is 0 Å². The number of rotatable bonds is 6. The highest BCUT2D eigenvalue weighted by Gasteiger charge is 2.21. The third kappa shape index (κ3) is 4.74. The van der Waals surface area contributed by atoms with Gasteiger partial charge in [0.25, 0.3) is 5.91 Å². The first-order valence-corrected chi connectivity index (χ1v) is 13.0. The number of nitrogens with one attached hydrogen (secondary N) is 2. The molecule has 1 aromatic heterocycles. The second-order valence-corrected chi connectivity index (χ2v) is 9.37. The monoisotopic (exact) mass is 522 g/mol. The lowest BCUT2D eigenvalue weighted by molar-refractivity contribution is 0.102. The Hall–Kier alpha value is -5.49. The average Bonchev–Trinajstić information content (AvgIpc) is 3.36. The molecule has 0 aliphatic heterocycles. The molecule has 0 atom stereocenters. The maximum absolute atomic E-state index is 13.3. The molecule has 0 bridgehead atoms. The average molecular weight is 523 g/mol. The fourth-order valence-corrected chi connectivity index (χ4v) is 4.81. The van der Waals surface area contributed by atoms with Crippen LogP contribution >= 0.6 is 0 Å². The van der Waals surface area contributed by atoms with Gasteiger partial charge in [0.1, 0.15) is 5.69 Å². The third-order valence-electron chi connectivity index (χ3n) is 6.76. The molecule has 6 heteroatoms. The maximum atomic E-state index is 13.3. The molecule has 1 amide bonds. The van der Waals surface area contributed by atoms with E-state index in [1.54, 1.807) is 18.2 Å². The second kappa shape index (κ2) is 10.7. The van der Waals surface area contributed by atoms with Gasteiger partial charge in [-0.05, 0) is 54.3 Å². The van der Waals surface area contributed by atoms with Crippen molar-refractivity contribution in [3.05, 3.63) is 126 Å². The van der Waals surface area contributed by atoms with E-state index in [-0.39, 0.29) is 17.0 Å². The van der Waals surface area contributed by atoms with E-state index in [4.69, 9.17) is 0 Å². The summed E-state index contributed by atoms with van der Waals surface area (Å²) in [7, 11) is 0. The number of allylic oxidation sites excluding steroid dienone is 3. The van der Waals surface area contributed by atoms with Gasteiger partial charge in [-0.15, -0.1) is 5.11 Å². The number of hydrogen-bond donors (Lipinski definition) is 3. The van der Waals surface area contributed by atoms with Crippen molar-refractivity contribution >= 4 is 61.6 Å². The Bertz CT molecular complexity index is 1950. The topological polar surface area (TPSA) is 89.8 Å². The van der Waals surface area contributed by atoms with Crippen LogP contribution in [-0.2, 0) is 0 Å². The van der Waals surface area contributed by atoms with Crippen molar-refractivity contribution in [2.75, 3.05) is 5.32 Å². The van der Waals surface area contributed by atoms with E-state index in [1.807, 2.05) is 104 Å². The summed E-state index contributed by atoms with van der Waals surface area (Å²) >= 11 is 0. The van der Waals surface area contributed by atoms with Crippen LogP contribution in [0, 0.1) is 0 Å². The van der Waals surface area contributed by atoms with E-state index < -0.39 is 5.91 Å². The summed E-state index contributed by atoms with van der Waals surface area (Å²) in [6.07, 6.45) is 7.90. The Morgan fingerprint density at radius 2 is 1.62 bits per heavy atom. The summed E-state index contributed by atoms with van der Waals surface area (Å²) in [6.45, 7) is 1.97. The molecule has 0 fully saturated rings. The minimum Gasteiger partial charge on any atom is -0.505 e. The van der Waals surface area contributed by atoms with Crippen LogP contribution in [0.4, 0.5) is 17.1 Å². The van der Waals surface area contributed by atoms with Gasteiger partial charge in [-0.1, -0.05) is 85.0 Å². The lowest BCUT2D eigenvalue weighted by atomic mass is 10.00. The first-order chi connectivity index (χ1) is 19.6. The normalized spacial score (nSPS) is 12.0. The van der Waals surface area contributed by atoms with Crippen molar-refractivity contribution in [3.8, 4) is 5.75 Å². The molecule has 0 radical (unpaired) electrons. The summed E-state index contributed by atoms with van der Waals surface area (Å²) in [5, 5.41) is 26.8. The zero-order chi connectivity index (χ0) is 27.5. The van der Waals surface area contributed by atoms with E-state index >= 15 is 0 Å². The van der Waals surface area contributed by atoms with Crippen LogP contribution in [0.15, 0.2) is 126 Å². The number of phenols is 1. The molecular weight excluding hydrogens is 496 g/mol. The Kier molecular flexibility index (Phi) is 6.65. The Morgan fingerprint density at radius 3 is 2.42 bits per heavy atom.